The van der Waals surface area contributed by atoms with E-state index in [1.54, 1.807) is 21.1 Å². The van der Waals surface area contributed by atoms with E-state index < -0.39 is 0 Å². The number of rotatable bonds is 9. The topological polar surface area (TPSA) is 116 Å². The molecule has 1 heterocycles. The summed E-state index contributed by atoms with van der Waals surface area (Å²) in [6.07, 6.45) is 0.536. The minimum absolute atomic E-state index is 0.0361. The molecule has 2 amide bonds. The van der Waals surface area contributed by atoms with Gasteiger partial charge in [0.25, 0.3) is 0 Å². The number of nitrogens with zero attached hydrogens (tertiary/aromatic N) is 2. The highest BCUT2D eigenvalue weighted by molar-refractivity contribution is 5.85. The van der Waals surface area contributed by atoms with Crippen molar-refractivity contribution in [3.8, 4) is 11.5 Å². The van der Waals surface area contributed by atoms with Crippen LogP contribution in [0, 0.1) is 6.92 Å². The van der Waals surface area contributed by atoms with Crippen LogP contribution in [0.4, 0.5) is 0 Å². The lowest BCUT2D eigenvalue weighted by atomic mass is 10.1. The van der Waals surface area contributed by atoms with E-state index >= 15 is 0 Å². The molecule has 1 aromatic heterocycles. The van der Waals surface area contributed by atoms with Gasteiger partial charge in [0, 0.05) is 13.5 Å². The summed E-state index contributed by atoms with van der Waals surface area (Å²) in [5.41, 5.74) is 0.920. The Morgan fingerprint density at radius 2 is 1.96 bits per heavy atom. The molecule has 1 aromatic carbocycles. The predicted molar refractivity (Wildman–Crippen MR) is 92.0 cm³/mol. The maximum Gasteiger partial charge on any atom is 0.239 e. The van der Waals surface area contributed by atoms with Gasteiger partial charge in [0.05, 0.1) is 27.2 Å². The molecule has 2 N–H and O–H groups in total. The van der Waals surface area contributed by atoms with E-state index in [4.69, 9.17) is 14.0 Å². The van der Waals surface area contributed by atoms with Crippen molar-refractivity contribution in [2.45, 2.75) is 19.8 Å². The number of ether oxygens (including phenoxy) is 2. The standard InChI is InChI=1S/C17H22N4O5/c1-11-20-15(21-26-11)9-16(22)19-10-17(23)18-7-6-12-8-13(24-2)4-5-14(12)25-3/h4-5,8H,6-7,9-10H2,1-3H3,(H,18,23)(H,19,22). The molecule has 0 atom stereocenters. The van der Waals surface area contributed by atoms with Crippen molar-refractivity contribution in [1.29, 1.82) is 0 Å². The van der Waals surface area contributed by atoms with E-state index in [1.807, 2.05) is 18.2 Å². The second-order valence-electron chi connectivity index (χ2n) is 5.46. The molecule has 2 rings (SSSR count). The zero-order chi connectivity index (χ0) is 18.9. The van der Waals surface area contributed by atoms with Gasteiger partial charge in [0.2, 0.25) is 17.7 Å². The number of hydrogen-bond donors (Lipinski definition) is 2. The lowest BCUT2D eigenvalue weighted by Gasteiger charge is -2.11. The minimum atomic E-state index is -0.351. The predicted octanol–water partition coefficient (Wildman–Crippen LogP) is 0.413. The van der Waals surface area contributed by atoms with Crippen LogP contribution in [-0.2, 0) is 22.4 Å². The van der Waals surface area contributed by atoms with Gasteiger partial charge >= 0.3 is 0 Å². The number of hydrogen-bond acceptors (Lipinski definition) is 7. The van der Waals surface area contributed by atoms with Crippen molar-refractivity contribution in [3.05, 3.63) is 35.5 Å². The molecule has 0 aliphatic rings. The van der Waals surface area contributed by atoms with E-state index in [0.29, 0.717) is 18.9 Å². The summed E-state index contributed by atoms with van der Waals surface area (Å²) in [5, 5.41) is 8.88. The van der Waals surface area contributed by atoms with Gasteiger partial charge in [-0.05, 0) is 30.2 Å². The summed E-state index contributed by atoms with van der Waals surface area (Å²) >= 11 is 0. The smallest absolute Gasteiger partial charge is 0.239 e. The molecule has 0 spiro atoms. The summed E-state index contributed by atoms with van der Waals surface area (Å²) in [4.78, 5) is 27.5. The molecule has 0 bridgehead atoms. The van der Waals surface area contributed by atoms with Crippen molar-refractivity contribution < 1.29 is 23.6 Å². The van der Waals surface area contributed by atoms with Crippen LogP contribution in [0.1, 0.15) is 17.3 Å². The Balaban J connectivity index is 1.72. The molecule has 26 heavy (non-hydrogen) atoms. The van der Waals surface area contributed by atoms with Gasteiger partial charge in [-0.1, -0.05) is 5.16 Å². The van der Waals surface area contributed by atoms with E-state index in [-0.39, 0.29) is 30.6 Å². The molecule has 0 saturated carbocycles. The zero-order valence-electron chi connectivity index (χ0n) is 15.0. The van der Waals surface area contributed by atoms with Crippen LogP contribution in [0.25, 0.3) is 0 Å². The molecular formula is C17H22N4O5. The molecule has 9 heteroatoms. The van der Waals surface area contributed by atoms with E-state index in [2.05, 4.69) is 20.8 Å². The zero-order valence-corrected chi connectivity index (χ0v) is 15.0. The lowest BCUT2D eigenvalue weighted by Crippen LogP contribution is -2.38. The molecule has 0 saturated heterocycles. The number of carbonyl (C=O) groups is 2. The highest BCUT2D eigenvalue weighted by Crippen LogP contribution is 2.24. The average molecular weight is 362 g/mol. The number of benzene rings is 1. The van der Waals surface area contributed by atoms with Crippen molar-refractivity contribution in [1.82, 2.24) is 20.8 Å². The first-order valence-electron chi connectivity index (χ1n) is 8.05. The van der Waals surface area contributed by atoms with Gasteiger partial charge in [0.15, 0.2) is 5.82 Å². The Kier molecular flexibility index (Phi) is 6.95. The van der Waals surface area contributed by atoms with Crippen LogP contribution >= 0.6 is 0 Å². The van der Waals surface area contributed by atoms with E-state index in [1.165, 1.54) is 0 Å². The largest absolute Gasteiger partial charge is 0.497 e. The molecule has 0 fully saturated rings. The number of amides is 2. The Morgan fingerprint density at radius 1 is 1.15 bits per heavy atom. The van der Waals surface area contributed by atoms with Crippen molar-refractivity contribution in [3.63, 3.8) is 0 Å². The molecule has 140 valence electrons. The van der Waals surface area contributed by atoms with Crippen LogP contribution in [0.15, 0.2) is 22.7 Å². The van der Waals surface area contributed by atoms with Gasteiger partial charge in [-0.2, -0.15) is 4.98 Å². The number of aryl methyl sites for hydroxylation is 1. The third-order valence-electron chi connectivity index (χ3n) is 3.54. The fraction of sp³-hybridized carbons (Fsp3) is 0.412. The Labute approximate surface area is 151 Å². The van der Waals surface area contributed by atoms with Crippen LogP contribution in [0.3, 0.4) is 0 Å². The molecule has 0 radical (unpaired) electrons. The van der Waals surface area contributed by atoms with Gasteiger partial charge in [0.1, 0.15) is 11.5 Å². The quantitative estimate of drug-likeness (QED) is 0.664. The van der Waals surface area contributed by atoms with Crippen LogP contribution in [0.2, 0.25) is 0 Å². The van der Waals surface area contributed by atoms with Gasteiger partial charge in [-0.25, -0.2) is 0 Å². The highest BCUT2D eigenvalue weighted by atomic mass is 16.5. The van der Waals surface area contributed by atoms with Crippen LogP contribution in [-0.4, -0.2) is 49.3 Å². The number of carbonyl (C=O) groups excluding carboxylic acids is 2. The van der Waals surface area contributed by atoms with Crippen molar-refractivity contribution >= 4 is 11.8 Å². The fourth-order valence-electron chi connectivity index (χ4n) is 2.27. The SMILES string of the molecule is COc1ccc(OC)c(CCNC(=O)CNC(=O)Cc2noc(C)n2)c1. The lowest BCUT2D eigenvalue weighted by molar-refractivity contribution is -0.125. The molecule has 9 nitrogen and oxygen atoms in total. The first-order valence-corrected chi connectivity index (χ1v) is 8.05. The number of aromatic nitrogens is 2. The monoisotopic (exact) mass is 362 g/mol. The second kappa shape index (κ2) is 9.40. The van der Waals surface area contributed by atoms with E-state index in [0.717, 1.165) is 17.1 Å². The average Bonchev–Trinajstić information content (AvgIpc) is 3.04. The van der Waals surface area contributed by atoms with E-state index in [9.17, 15) is 9.59 Å². The summed E-state index contributed by atoms with van der Waals surface area (Å²) in [6.45, 7) is 1.92. The summed E-state index contributed by atoms with van der Waals surface area (Å²) in [7, 11) is 3.18. The maximum absolute atomic E-state index is 11.8. The van der Waals surface area contributed by atoms with Gasteiger partial charge in [-0.3, -0.25) is 9.59 Å². The maximum atomic E-state index is 11.8. The summed E-state index contributed by atoms with van der Waals surface area (Å²) in [6, 6.07) is 5.48. The van der Waals surface area contributed by atoms with Gasteiger partial charge < -0.3 is 24.6 Å². The third-order valence-corrected chi connectivity index (χ3v) is 3.54. The third kappa shape index (κ3) is 5.76. The minimum Gasteiger partial charge on any atom is -0.497 e. The summed E-state index contributed by atoms with van der Waals surface area (Å²) < 4.78 is 15.3. The number of nitrogens with one attached hydrogen (secondary N) is 2. The summed E-state index contributed by atoms with van der Waals surface area (Å²) in [5.74, 6) is 1.48. The highest BCUT2D eigenvalue weighted by Gasteiger charge is 2.11. The Hall–Kier alpha value is -3.10. The number of methoxy groups -OCH3 is 2. The Morgan fingerprint density at radius 3 is 2.62 bits per heavy atom. The molecule has 0 aliphatic carbocycles. The molecular weight excluding hydrogens is 340 g/mol. The Bertz CT molecular complexity index is 759. The first kappa shape index (κ1) is 19.2. The molecule has 0 unspecified atom stereocenters. The first-order chi connectivity index (χ1) is 12.5. The molecule has 0 aliphatic heterocycles. The van der Waals surface area contributed by atoms with Crippen molar-refractivity contribution in [2.75, 3.05) is 27.3 Å². The van der Waals surface area contributed by atoms with Crippen LogP contribution < -0.4 is 20.1 Å². The van der Waals surface area contributed by atoms with Crippen LogP contribution in [0.5, 0.6) is 11.5 Å². The normalized spacial score (nSPS) is 10.3. The second-order valence-corrected chi connectivity index (χ2v) is 5.46. The fourth-order valence-corrected chi connectivity index (χ4v) is 2.27. The van der Waals surface area contributed by atoms with Gasteiger partial charge in [-0.15, -0.1) is 0 Å². The molecule has 2 aromatic rings. The van der Waals surface area contributed by atoms with Crippen molar-refractivity contribution in [2.24, 2.45) is 0 Å².